The quantitative estimate of drug-likeness (QED) is 0.315. The molecule has 0 radical (unpaired) electrons. The molecule has 1 heterocycles. The molecule has 0 fully saturated rings. The van der Waals surface area contributed by atoms with E-state index >= 15 is 0 Å². The highest BCUT2D eigenvalue weighted by Gasteiger charge is 2.07. The zero-order valence-electron chi connectivity index (χ0n) is 10.2. The smallest absolute Gasteiger partial charge is 0.382 e. The first-order valence-electron chi connectivity index (χ1n) is 5.97. The lowest BCUT2D eigenvalue weighted by Crippen LogP contribution is -2.09. The molecule has 0 N–H and O–H groups in total. The monoisotopic (exact) mass is 234 g/mol. The number of esters is 1. The molecule has 0 amide bonds. The molecular formula is C13H18N2O2. The highest BCUT2D eigenvalue weighted by Crippen LogP contribution is 2.11. The van der Waals surface area contributed by atoms with E-state index in [9.17, 15) is 4.79 Å². The van der Waals surface area contributed by atoms with Crippen molar-refractivity contribution in [2.24, 2.45) is 0 Å². The molecule has 0 bridgehead atoms. The molecule has 0 atom stereocenters. The minimum absolute atomic E-state index is 0.281. The topological polar surface area (TPSA) is 44.1 Å². The number of ether oxygens (including phenoxy) is 1. The Morgan fingerprint density at radius 3 is 2.94 bits per heavy atom. The molecule has 0 saturated heterocycles. The summed E-state index contributed by atoms with van der Waals surface area (Å²) in [5, 5.41) is 0. The van der Waals surface area contributed by atoms with Gasteiger partial charge >= 0.3 is 12.0 Å². The Bertz CT molecular complexity index is 390. The van der Waals surface area contributed by atoms with Crippen LogP contribution in [-0.2, 0) is 11.3 Å². The first-order valence-corrected chi connectivity index (χ1v) is 5.97. The van der Waals surface area contributed by atoms with E-state index in [-0.39, 0.29) is 6.01 Å². The number of unbranched alkanes of at least 4 members (excludes halogenated alkanes) is 4. The van der Waals surface area contributed by atoms with Gasteiger partial charge in [0.25, 0.3) is 0 Å². The first-order chi connectivity index (χ1) is 8.27. The SMILES string of the molecule is C#CC(=O)Oc1nccn1CCCCCCC. The van der Waals surface area contributed by atoms with Gasteiger partial charge in [-0.1, -0.05) is 32.6 Å². The average molecular weight is 234 g/mol. The second-order valence-corrected chi connectivity index (χ2v) is 3.85. The molecule has 4 nitrogen and oxygen atoms in total. The van der Waals surface area contributed by atoms with E-state index in [0.29, 0.717) is 0 Å². The maximum atomic E-state index is 10.9. The number of nitrogens with zero attached hydrogens (tertiary/aromatic N) is 2. The van der Waals surface area contributed by atoms with Gasteiger partial charge in [0.05, 0.1) is 0 Å². The third-order valence-corrected chi connectivity index (χ3v) is 2.48. The van der Waals surface area contributed by atoms with Crippen molar-refractivity contribution in [2.45, 2.75) is 45.6 Å². The lowest BCUT2D eigenvalue weighted by atomic mass is 10.1. The number of imidazole rings is 1. The Kier molecular flexibility index (Phi) is 5.87. The normalized spacial score (nSPS) is 9.88. The van der Waals surface area contributed by atoms with Gasteiger partial charge < -0.3 is 9.30 Å². The molecule has 0 unspecified atom stereocenters. The van der Waals surface area contributed by atoms with Crippen LogP contribution in [0.2, 0.25) is 0 Å². The van der Waals surface area contributed by atoms with Gasteiger partial charge in [-0.05, 0) is 6.42 Å². The molecule has 1 aromatic heterocycles. The minimum atomic E-state index is -0.705. The van der Waals surface area contributed by atoms with Crippen molar-refractivity contribution in [1.29, 1.82) is 0 Å². The van der Waals surface area contributed by atoms with Gasteiger partial charge in [0.1, 0.15) is 0 Å². The highest BCUT2D eigenvalue weighted by atomic mass is 16.5. The van der Waals surface area contributed by atoms with Crippen molar-refractivity contribution in [1.82, 2.24) is 9.55 Å². The van der Waals surface area contributed by atoms with E-state index in [1.165, 1.54) is 25.7 Å². The largest absolute Gasteiger partial charge is 0.391 e. The van der Waals surface area contributed by atoms with Crippen LogP contribution < -0.4 is 4.74 Å². The van der Waals surface area contributed by atoms with Gasteiger partial charge in [0, 0.05) is 24.9 Å². The summed E-state index contributed by atoms with van der Waals surface area (Å²) in [6, 6.07) is 0.281. The average Bonchev–Trinajstić information content (AvgIpc) is 2.76. The van der Waals surface area contributed by atoms with Crippen LogP contribution >= 0.6 is 0 Å². The zero-order chi connectivity index (χ0) is 12.5. The van der Waals surface area contributed by atoms with Crippen LogP contribution in [0.15, 0.2) is 12.4 Å². The molecule has 17 heavy (non-hydrogen) atoms. The van der Waals surface area contributed by atoms with Crippen LogP contribution in [0.25, 0.3) is 0 Å². The summed E-state index contributed by atoms with van der Waals surface area (Å²) in [4.78, 5) is 14.9. The molecule has 0 aromatic carbocycles. The number of rotatable bonds is 7. The lowest BCUT2D eigenvalue weighted by Gasteiger charge is -2.05. The highest BCUT2D eigenvalue weighted by molar-refractivity contribution is 5.89. The van der Waals surface area contributed by atoms with Crippen molar-refractivity contribution in [3.8, 4) is 18.4 Å². The lowest BCUT2D eigenvalue weighted by molar-refractivity contribution is -0.128. The number of hydrogen-bond donors (Lipinski definition) is 0. The summed E-state index contributed by atoms with van der Waals surface area (Å²) in [6.07, 6.45) is 14.3. The summed E-state index contributed by atoms with van der Waals surface area (Å²) in [6.45, 7) is 2.99. The molecule has 0 aliphatic carbocycles. The van der Waals surface area contributed by atoms with E-state index < -0.39 is 5.97 Å². The van der Waals surface area contributed by atoms with E-state index in [2.05, 4.69) is 11.9 Å². The molecule has 0 spiro atoms. The number of carbonyl (C=O) groups excluding carboxylic acids is 1. The Labute approximate surface area is 102 Å². The second-order valence-electron chi connectivity index (χ2n) is 3.85. The number of terminal acetylenes is 1. The van der Waals surface area contributed by atoms with Crippen molar-refractivity contribution in [2.75, 3.05) is 0 Å². The van der Waals surface area contributed by atoms with E-state index in [0.717, 1.165) is 13.0 Å². The van der Waals surface area contributed by atoms with Gasteiger partial charge in [0.15, 0.2) is 0 Å². The number of hydrogen-bond acceptors (Lipinski definition) is 3. The summed E-state index contributed by atoms with van der Waals surface area (Å²) in [5.74, 6) is 1.19. The molecule has 1 rings (SSSR count). The maximum Gasteiger partial charge on any atom is 0.391 e. The Hall–Kier alpha value is -1.76. The predicted molar refractivity (Wildman–Crippen MR) is 65.5 cm³/mol. The number of aromatic nitrogens is 2. The fourth-order valence-electron chi connectivity index (χ4n) is 1.57. The molecule has 0 aliphatic heterocycles. The van der Waals surface area contributed by atoms with Crippen LogP contribution in [0.3, 0.4) is 0 Å². The fourth-order valence-corrected chi connectivity index (χ4v) is 1.57. The first kappa shape index (κ1) is 13.3. The molecule has 4 heteroatoms. The standard InChI is InChI=1S/C13H18N2O2/c1-3-5-6-7-8-10-15-11-9-14-13(15)17-12(16)4-2/h2,9,11H,3,5-8,10H2,1H3. The molecule has 0 saturated carbocycles. The molecule has 0 aliphatic rings. The van der Waals surface area contributed by atoms with Gasteiger partial charge in [0.2, 0.25) is 0 Å². The third kappa shape index (κ3) is 4.73. The van der Waals surface area contributed by atoms with Gasteiger partial charge in [-0.3, -0.25) is 0 Å². The van der Waals surface area contributed by atoms with Crippen molar-refractivity contribution < 1.29 is 9.53 Å². The number of carbonyl (C=O) groups is 1. The van der Waals surface area contributed by atoms with Crippen molar-refractivity contribution in [3.63, 3.8) is 0 Å². The molecule has 92 valence electrons. The van der Waals surface area contributed by atoms with Crippen LogP contribution in [0.4, 0.5) is 0 Å². The number of aryl methyl sites for hydroxylation is 1. The second kappa shape index (κ2) is 7.50. The maximum absolute atomic E-state index is 10.9. The van der Waals surface area contributed by atoms with Crippen molar-refractivity contribution in [3.05, 3.63) is 12.4 Å². The fraction of sp³-hybridized carbons (Fsp3) is 0.538. The van der Waals surface area contributed by atoms with Gasteiger partial charge in [-0.2, -0.15) is 0 Å². The van der Waals surface area contributed by atoms with E-state index in [4.69, 9.17) is 11.2 Å². The summed E-state index contributed by atoms with van der Waals surface area (Å²) in [5.41, 5.74) is 0. The minimum Gasteiger partial charge on any atom is -0.382 e. The van der Waals surface area contributed by atoms with Crippen molar-refractivity contribution >= 4 is 5.97 Å². The summed E-state index contributed by atoms with van der Waals surface area (Å²) >= 11 is 0. The van der Waals surface area contributed by atoms with Crippen LogP contribution in [0.5, 0.6) is 6.01 Å². The molecular weight excluding hydrogens is 216 g/mol. The molecule has 1 aromatic rings. The van der Waals surface area contributed by atoms with E-state index in [1.807, 2.05) is 5.92 Å². The Balaban J connectivity index is 2.36. The Morgan fingerprint density at radius 1 is 1.47 bits per heavy atom. The predicted octanol–water partition coefficient (Wildman–Crippen LogP) is 2.39. The van der Waals surface area contributed by atoms with Crippen LogP contribution in [0.1, 0.15) is 39.0 Å². The summed E-state index contributed by atoms with van der Waals surface area (Å²) < 4.78 is 6.70. The van der Waals surface area contributed by atoms with Crippen LogP contribution in [-0.4, -0.2) is 15.5 Å². The van der Waals surface area contributed by atoms with Crippen LogP contribution in [0, 0.1) is 12.3 Å². The van der Waals surface area contributed by atoms with Gasteiger partial charge in [-0.15, -0.1) is 6.42 Å². The van der Waals surface area contributed by atoms with Gasteiger partial charge in [-0.25, -0.2) is 9.78 Å². The zero-order valence-corrected chi connectivity index (χ0v) is 10.2. The summed E-state index contributed by atoms with van der Waals surface area (Å²) in [7, 11) is 0. The van der Waals surface area contributed by atoms with E-state index in [1.54, 1.807) is 17.0 Å². The Morgan fingerprint density at radius 2 is 2.24 bits per heavy atom. The third-order valence-electron chi connectivity index (χ3n) is 2.48.